The first-order chi connectivity index (χ1) is 6.81. The summed E-state index contributed by atoms with van der Waals surface area (Å²) in [5.74, 6) is 0.722. The molecule has 0 aliphatic carbocycles. The highest BCUT2D eigenvalue weighted by Crippen LogP contribution is 2.20. The van der Waals surface area contributed by atoms with Crippen molar-refractivity contribution in [2.24, 2.45) is 5.73 Å². The van der Waals surface area contributed by atoms with Gasteiger partial charge in [-0.3, -0.25) is 0 Å². The lowest BCUT2D eigenvalue weighted by Crippen LogP contribution is -2.00. The molecule has 74 valence electrons. The van der Waals surface area contributed by atoms with Crippen LogP contribution < -0.4 is 5.73 Å². The molecular weight excluding hydrogens is 176 g/mol. The summed E-state index contributed by atoms with van der Waals surface area (Å²) in [5, 5.41) is 0. The number of benzene rings is 1. The first-order valence-electron chi connectivity index (χ1n) is 4.86. The normalized spacial score (nSPS) is 11.0. The number of para-hydroxylation sites is 1. The molecule has 2 rings (SSSR count). The topological polar surface area (TPSA) is 52.0 Å². The van der Waals surface area contributed by atoms with Crippen molar-refractivity contribution in [2.45, 2.75) is 19.8 Å². The van der Waals surface area contributed by atoms with Crippen molar-refractivity contribution in [3.8, 4) is 0 Å². The minimum Gasteiger partial charge on any atom is -0.441 e. The van der Waals surface area contributed by atoms with Gasteiger partial charge >= 0.3 is 0 Å². The Morgan fingerprint density at radius 2 is 2.29 bits per heavy atom. The summed E-state index contributed by atoms with van der Waals surface area (Å²) in [5.41, 5.74) is 8.54. The predicted molar refractivity (Wildman–Crippen MR) is 56.1 cm³/mol. The third-order valence-electron chi connectivity index (χ3n) is 2.25. The Kier molecular flexibility index (Phi) is 2.50. The molecule has 1 aromatic heterocycles. The molecule has 0 radical (unpaired) electrons. The molecule has 0 bridgehead atoms. The summed E-state index contributed by atoms with van der Waals surface area (Å²) in [7, 11) is 0. The molecule has 0 aliphatic heterocycles. The number of fused-ring (bicyclic) bond motifs is 1. The van der Waals surface area contributed by atoms with E-state index >= 15 is 0 Å². The van der Waals surface area contributed by atoms with Crippen LogP contribution in [-0.2, 0) is 6.42 Å². The van der Waals surface area contributed by atoms with Gasteiger partial charge in [-0.1, -0.05) is 12.1 Å². The van der Waals surface area contributed by atoms with Gasteiger partial charge in [-0.25, -0.2) is 4.98 Å². The van der Waals surface area contributed by atoms with Crippen LogP contribution in [0.25, 0.3) is 11.1 Å². The summed E-state index contributed by atoms with van der Waals surface area (Å²) in [6.45, 7) is 2.58. The molecule has 3 heteroatoms. The standard InChI is InChI=1S/C11H14N2O/c1-8-13-10-6-2-4-9(5-3-7-12)11(10)14-8/h2,4,6H,3,5,7,12H2,1H3. The first-order valence-corrected chi connectivity index (χ1v) is 4.86. The van der Waals surface area contributed by atoms with Crippen molar-refractivity contribution in [1.29, 1.82) is 0 Å². The molecule has 1 aromatic carbocycles. The van der Waals surface area contributed by atoms with Crippen LogP contribution in [0.1, 0.15) is 17.9 Å². The van der Waals surface area contributed by atoms with Crippen molar-refractivity contribution in [2.75, 3.05) is 6.54 Å². The van der Waals surface area contributed by atoms with Gasteiger partial charge in [0.25, 0.3) is 0 Å². The number of aromatic nitrogens is 1. The second kappa shape index (κ2) is 3.80. The molecule has 0 aliphatic rings. The minimum atomic E-state index is 0.712. The zero-order chi connectivity index (χ0) is 9.97. The van der Waals surface area contributed by atoms with E-state index in [1.54, 1.807) is 0 Å². The Labute approximate surface area is 82.9 Å². The smallest absolute Gasteiger partial charge is 0.192 e. The quantitative estimate of drug-likeness (QED) is 0.805. The average Bonchev–Trinajstić information content (AvgIpc) is 2.55. The van der Waals surface area contributed by atoms with Crippen LogP contribution >= 0.6 is 0 Å². The van der Waals surface area contributed by atoms with E-state index in [1.165, 1.54) is 5.56 Å². The molecule has 3 nitrogen and oxygen atoms in total. The zero-order valence-electron chi connectivity index (χ0n) is 8.29. The molecule has 0 fully saturated rings. The fourth-order valence-electron chi connectivity index (χ4n) is 1.61. The maximum absolute atomic E-state index is 5.54. The molecule has 14 heavy (non-hydrogen) atoms. The van der Waals surface area contributed by atoms with Crippen LogP contribution in [-0.4, -0.2) is 11.5 Å². The highest BCUT2D eigenvalue weighted by molar-refractivity contribution is 5.76. The molecule has 0 amide bonds. The van der Waals surface area contributed by atoms with Crippen LogP contribution in [0.15, 0.2) is 22.6 Å². The van der Waals surface area contributed by atoms with Crippen molar-refractivity contribution in [3.05, 3.63) is 29.7 Å². The van der Waals surface area contributed by atoms with Crippen molar-refractivity contribution < 1.29 is 4.42 Å². The number of aryl methyl sites for hydroxylation is 2. The van der Waals surface area contributed by atoms with Crippen LogP contribution in [0.3, 0.4) is 0 Å². The van der Waals surface area contributed by atoms with Gasteiger partial charge in [0.15, 0.2) is 11.5 Å². The van der Waals surface area contributed by atoms with Gasteiger partial charge in [0, 0.05) is 6.92 Å². The van der Waals surface area contributed by atoms with E-state index in [9.17, 15) is 0 Å². The molecule has 1 heterocycles. The molecule has 2 aromatic rings. The maximum Gasteiger partial charge on any atom is 0.192 e. The third-order valence-corrected chi connectivity index (χ3v) is 2.25. The van der Waals surface area contributed by atoms with E-state index in [0.29, 0.717) is 6.54 Å². The lowest BCUT2D eigenvalue weighted by Gasteiger charge is -1.99. The number of hydrogen-bond acceptors (Lipinski definition) is 3. The number of nitrogens with zero attached hydrogens (tertiary/aromatic N) is 1. The van der Waals surface area contributed by atoms with Crippen LogP contribution in [0.2, 0.25) is 0 Å². The highest BCUT2D eigenvalue weighted by atomic mass is 16.3. The van der Waals surface area contributed by atoms with Crippen molar-refractivity contribution >= 4 is 11.1 Å². The third kappa shape index (κ3) is 1.63. The molecular formula is C11H14N2O. The van der Waals surface area contributed by atoms with Gasteiger partial charge < -0.3 is 10.2 Å². The molecule has 0 spiro atoms. The number of nitrogens with two attached hydrogens (primary N) is 1. The number of oxazole rings is 1. The Bertz CT molecular complexity index is 434. The van der Waals surface area contributed by atoms with Gasteiger partial charge in [-0.2, -0.15) is 0 Å². The van der Waals surface area contributed by atoms with Gasteiger partial charge in [0.05, 0.1) is 0 Å². The van der Waals surface area contributed by atoms with E-state index in [2.05, 4.69) is 11.1 Å². The molecule has 0 unspecified atom stereocenters. The van der Waals surface area contributed by atoms with Crippen molar-refractivity contribution in [3.63, 3.8) is 0 Å². The van der Waals surface area contributed by atoms with E-state index in [-0.39, 0.29) is 0 Å². The number of rotatable bonds is 3. The minimum absolute atomic E-state index is 0.712. The fourth-order valence-corrected chi connectivity index (χ4v) is 1.61. The monoisotopic (exact) mass is 190 g/mol. The van der Waals surface area contributed by atoms with Crippen molar-refractivity contribution in [1.82, 2.24) is 4.98 Å². The lowest BCUT2D eigenvalue weighted by atomic mass is 10.1. The van der Waals surface area contributed by atoms with E-state index in [0.717, 1.165) is 29.8 Å². The zero-order valence-corrected chi connectivity index (χ0v) is 8.29. The SMILES string of the molecule is Cc1nc2cccc(CCCN)c2o1. The Morgan fingerprint density at radius 3 is 3.07 bits per heavy atom. The second-order valence-electron chi connectivity index (χ2n) is 3.39. The second-order valence-corrected chi connectivity index (χ2v) is 3.39. The number of hydrogen-bond donors (Lipinski definition) is 1. The van der Waals surface area contributed by atoms with E-state index in [4.69, 9.17) is 10.2 Å². The van der Waals surface area contributed by atoms with Gasteiger partial charge in [0.2, 0.25) is 0 Å². The summed E-state index contributed by atoms with van der Waals surface area (Å²) in [6.07, 6.45) is 1.95. The van der Waals surface area contributed by atoms with Gasteiger partial charge in [-0.15, -0.1) is 0 Å². The molecule has 0 saturated carbocycles. The Hall–Kier alpha value is -1.35. The van der Waals surface area contributed by atoms with Gasteiger partial charge in [-0.05, 0) is 31.0 Å². The highest BCUT2D eigenvalue weighted by Gasteiger charge is 2.06. The molecule has 0 atom stereocenters. The first kappa shape index (κ1) is 9.21. The molecule has 2 N–H and O–H groups in total. The van der Waals surface area contributed by atoms with Crippen LogP contribution in [0, 0.1) is 6.92 Å². The van der Waals surface area contributed by atoms with Crippen LogP contribution in [0.5, 0.6) is 0 Å². The Balaban J connectivity index is 2.42. The van der Waals surface area contributed by atoms with E-state index < -0.39 is 0 Å². The van der Waals surface area contributed by atoms with E-state index in [1.807, 2.05) is 19.1 Å². The van der Waals surface area contributed by atoms with Crippen LogP contribution in [0.4, 0.5) is 0 Å². The average molecular weight is 190 g/mol. The summed E-state index contributed by atoms with van der Waals surface area (Å²) in [6, 6.07) is 6.05. The van der Waals surface area contributed by atoms with Gasteiger partial charge in [0.1, 0.15) is 5.52 Å². The summed E-state index contributed by atoms with van der Waals surface area (Å²) < 4.78 is 5.54. The summed E-state index contributed by atoms with van der Waals surface area (Å²) in [4.78, 5) is 4.28. The maximum atomic E-state index is 5.54. The predicted octanol–water partition coefficient (Wildman–Crippen LogP) is 2.03. The fraction of sp³-hybridized carbons (Fsp3) is 0.364. The lowest BCUT2D eigenvalue weighted by molar-refractivity contribution is 0.557. The Morgan fingerprint density at radius 1 is 1.43 bits per heavy atom. The summed E-state index contributed by atoms with van der Waals surface area (Å²) >= 11 is 0. The largest absolute Gasteiger partial charge is 0.441 e. The molecule has 0 saturated heterocycles.